The molecule has 0 aromatic carbocycles. The first kappa shape index (κ1) is 9.85. The van der Waals surface area contributed by atoms with Gasteiger partial charge >= 0.3 is 0 Å². The Morgan fingerprint density at radius 3 is 2.38 bits per heavy atom. The molecule has 2 aliphatic carbocycles. The van der Waals surface area contributed by atoms with Gasteiger partial charge in [0.15, 0.2) is 0 Å². The maximum Gasteiger partial charge on any atom is 0.0658 e. The second kappa shape index (κ2) is 4.70. The van der Waals surface area contributed by atoms with Crippen LogP contribution in [0.5, 0.6) is 0 Å². The third kappa shape index (κ3) is 2.63. The number of rotatable bonds is 3. The van der Waals surface area contributed by atoms with E-state index in [9.17, 15) is 5.11 Å². The van der Waals surface area contributed by atoms with Crippen molar-refractivity contribution in [1.29, 1.82) is 0 Å². The molecule has 76 valence electrons. The molecule has 0 bridgehead atoms. The van der Waals surface area contributed by atoms with E-state index in [0.29, 0.717) is 5.25 Å². The fraction of sp³-hybridized carbons (Fsp3) is 1.00. The molecule has 2 atom stereocenters. The molecule has 0 saturated heterocycles. The van der Waals surface area contributed by atoms with Crippen molar-refractivity contribution >= 4 is 11.8 Å². The highest BCUT2D eigenvalue weighted by molar-refractivity contribution is 7.99. The molecule has 2 aliphatic rings. The summed E-state index contributed by atoms with van der Waals surface area (Å²) in [4.78, 5) is 0. The maximum atomic E-state index is 9.64. The molecule has 0 aromatic heterocycles. The molecule has 0 amide bonds. The monoisotopic (exact) mass is 200 g/mol. The first-order chi connectivity index (χ1) is 6.36. The van der Waals surface area contributed by atoms with Gasteiger partial charge in [0.1, 0.15) is 0 Å². The molecule has 2 rings (SSSR count). The summed E-state index contributed by atoms with van der Waals surface area (Å²) in [5.74, 6) is 2.28. The van der Waals surface area contributed by atoms with Gasteiger partial charge in [0.25, 0.3) is 0 Å². The van der Waals surface area contributed by atoms with Crippen LogP contribution in [0.4, 0.5) is 0 Å². The summed E-state index contributed by atoms with van der Waals surface area (Å²) < 4.78 is 0. The van der Waals surface area contributed by atoms with Gasteiger partial charge in [-0.1, -0.05) is 12.8 Å². The van der Waals surface area contributed by atoms with Crippen molar-refractivity contribution in [2.45, 2.75) is 56.3 Å². The van der Waals surface area contributed by atoms with Crippen molar-refractivity contribution in [2.75, 3.05) is 5.75 Å². The average molecular weight is 200 g/mol. The van der Waals surface area contributed by atoms with Gasteiger partial charge in [-0.25, -0.2) is 0 Å². The third-order valence-electron chi connectivity index (χ3n) is 3.44. The Bertz CT molecular complexity index is 154. The van der Waals surface area contributed by atoms with Gasteiger partial charge in [0, 0.05) is 5.25 Å². The molecule has 0 aliphatic heterocycles. The van der Waals surface area contributed by atoms with Crippen LogP contribution in [0.15, 0.2) is 0 Å². The Kier molecular flexibility index (Phi) is 3.56. The summed E-state index contributed by atoms with van der Waals surface area (Å²) in [5, 5.41) is 10.2. The van der Waals surface area contributed by atoms with Crippen LogP contribution in [0, 0.1) is 5.92 Å². The standard InChI is InChI=1S/C11H20OS/c12-10-6-3-7-11(10)13-8-9-4-1-2-5-9/h9-12H,1-8H2. The molecule has 2 saturated carbocycles. The zero-order chi connectivity index (χ0) is 9.10. The van der Waals surface area contributed by atoms with Gasteiger partial charge in [-0.3, -0.25) is 0 Å². The Morgan fingerprint density at radius 1 is 1.00 bits per heavy atom. The first-order valence-electron chi connectivity index (χ1n) is 5.66. The van der Waals surface area contributed by atoms with Crippen molar-refractivity contribution in [3.05, 3.63) is 0 Å². The lowest BCUT2D eigenvalue weighted by Gasteiger charge is -2.16. The minimum absolute atomic E-state index is 0.00593. The largest absolute Gasteiger partial charge is 0.392 e. The normalized spacial score (nSPS) is 35.8. The van der Waals surface area contributed by atoms with Gasteiger partial charge in [-0.05, 0) is 43.8 Å². The third-order valence-corrected chi connectivity index (χ3v) is 5.08. The lowest BCUT2D eigenvalue weighted by molar-refractivity contribution is 0.188. The van der Waals surface area contributed by atoms with Gasteiger partial charge < -0.3 is 5.11 Å². The minimum Gasteiger partial charge on any atom is -0.392 e. The van der Waals surface area contributed by atoms with E-state index >= 15 is 0 Å². The fourth-order valence-corrected chi connectivity index (χ4v) is 4.08. The van der Waals surface area contributed by atoms with Crippen molar-refractivity contribution < 1.29 is 5.11 Å². The lowest BCUT2D eigenvalue weighted by Crippen LogP contribution is -2.16. The molecular weight excluding hydrogens is 180 g/mol. The molecule has 13 heavy (non-hydrogen) atoms. The second-order valence-corrected chi connectivity index (χ2v) is 5.79. The molecular formula is C11H20OS. The number of aliphatic hydroxyl groups is 1. The predicted molar refractivity (Wildman–Crippen MR) is 58.1 cm³/mol. The number of thioether (sulfide) groups is 1. The van der Waals surface area contributed by atoms with E-state index in [1.54, 1.807) is 0 Å². The Labute approximate surface area is 85.3 Å². The van der Waals surface area contributed by atoms with Crippen LogP contribution in [0.2, 0.25) is 0 Å². The lowest BCUT2D eigenvalue weighted by atomic mass is 10.1. The molecule has 1 nitrogen and oxygen atoms in total. The zero-order valence-corrected chi connectivity index (χ0v) is 9.06. The Hall–Kier alpha value is 0.310. The van der Waals surface area contributed by atoms with Crippen LogP contribution < -0.4 is 0 Å². The van der Waals surface area contributed by atoms with Crippen molar-refractivity contribution in [1.82, 2.24) is 0 Å². The fourth-order valence-electron chi connectivity index (χ4n) is 2.54. The SMILES string of the molecule is OC1CCCC1SCC1CCCC1. The van der Waals surface area contributed by atoms with Gasteiger partial charge in [0.2, 0.25) is 0 Å². The van der Waals surface area contributed by atoms with Crippen molar-refractivity contribution in [3.8, 4) is 0 Å². The van der Waals surface area contributed by atoms with E-state index in [4.69, 9.17) is 0 Å². The van der Waals surface area contributed by atoms with Crippen LogP contribution in [0.1, 0.15) is 44.9 Å². The van der Waals surface area contributed by atoms with Gasteiger partial charge in [0.05, 0.1) is 6.10 Å². The van der Waals surface area contributed by atoms with E-state index in [1.807, 2.05) is 11.8 Å². The molecule has 0 aromatic rings. The van der Waals surface area contributed by atoms with Crippen LogP contribution in [0.3, 0.4) is 0 Å². The highest BCUT2D eigenvalue weighted by Gasteiger charge is 2.26. The second-order valence-electron chi connectivity index (χ2n) is 4.52. The summed E-state index contributed by atoms with van der Waals surface area (Å²) in [5.41, 5.74) is 0. The summed E-state index contributed by atoms with van der Waals surface area (Å²) in [6.45, 7) is 0. The molecule has 0 heterocycles. The molecule has 2 fully saturated rings. The highest BCUT2D eigenvalue weighted by atomic mass is 32.2. The summed E-state index contributed by atoms with van der Waals surface area (Å²) in [6, 6.07) is 0. The van der Waals surface area contributed by atoms with E-state index < -0.39 is 0 Å². The minimum atomic E-state index is 0.00593. The van der Waals surface area contributed by atoms with E-state index in [2.05, 4.69) is 0 Å². The molecule has 2 unspecified atom stereocenters. The average Bonchev–Trinajstić information content (AvgIpc) is 2.72. The maximum absolute atomic E-state index is 9.64. The molecule has 0 radical (unpaired) electrons. The molecule has 2 heteroatoms. The first-order valence-corrected chi connectivity index (χ1v) is 6.71. The predicted octanol–water partition coefficient (Wildman–Crippen LogP) is 2.82. The summed E-state index contributed by atoms with van der Waals surface area (Å²) in [7, 11) is 0. The Morgan fingerprint density at radius 2 is 1.77 bits per heavy atom. The summed E-state index contributed by atoms with van der Waals surface area (Å²) >= 11 is 2.04. The zero-order valence-electron chi connectivity index (χ0n) is 8.24. The van der Waals surface area contributed by atoms with Crippen LogP contribution in [-0.4, -0.2) is 22.2 Å². The van der Waals surface area contributed by atoms with Gasteiger partial charge in [-0.15, -0.1) is 0 Å². The molecule has 0 spiro atoms. The van der Waals surface area contributed by atoms with Crippen LogP contribution >= 0.6 is 11.8 Å². The molecule has 1 N–H and O–H groups in total. The van der Waals surface area contributed by atoms with Crippen LogP contribution in [0.25, 0.3) is 0 Å². The highest BCUT2D eigenvalue weighted by Crippen LogP contribution is 2.34. The van der Waals surface area contributed by atoms with Crippen molar-refractivity contribution in [2.24, 2.45) is 5.92 Å². The van der Waals surface area contributed by atoms with Crippen LogP contribution in [-0.2, 0) is 0 Å². The van der Waals surface area contributed by atoms with E-state index in [1.165, 1.54) is 44.3 Å². The summed E-state index contributed by atoms with van der Waals surface area (Å²) in [6.07, 6.45) is 9.30. The quantitative estimate of drug-likeness (QED) is 0.756. The topological polar surface area (TPSA) is 20.2 Å². The van der Waals surface area contributed by atoms with E-state index in [-0.39, 0.29) is 6.10 Å². The van der Waals surface area contributed by atoms with Gasteiger partial charge in [-0.2, -0.15) is 11.8 Å². The smallest absolute Gasteiger partial charge is 0.0658 e. The number of hydrogen-bond donors (Lipinski definition) is 1. The number of hydrogen-bond acceptors (Lipinski definition) is 2. The van der Waals surface area contributed by atoms with E-state index in [0.717, 1.165) is 12.3 Å². The van der Waals surface area contributed by atoms with Crippen molar-refractivity contribution in [3.63, 3.8) is 0 Å². The number of aliphatic hydroxyl groups excluding tert-OH is 1. The Balaban J connectivity index is 1.66.